The Balaban J connectivity index is 2.71. The number of ether oxygens (including phenoxy) is 1. The van der Waals surface area contributed by atoms with Crippen LogP contribution in [0.4, 0.5) is 0 Å². The van der Waals surface area contributed by atoms with E-state index in [2.05, 4.69) is 25.8 Å². The van der Waals surface area contributed by atoms with Crippen molar-refractivity contribution in [3.05, 3.63) is 35.9 Å². The highest BCUT2D eigenvalue weighted by Crippen LogP contribution is 2.25. The molecule has 0 aliphatic heterocycles. The lowest BCUT2D eigenvalue weighted by molar-refractivity contribution is 0.0324. The zero-order chi connectivity index (χ0) is 14.3. The first-order valence-electron chi connectivity index (χ1n) is 7.00. The van der Waals surface area contributed by atoms with Crippen LogP contribution in [0.3, 0.4) is 0 Å². The van der Waals surface area contributed by atoms with Gasteiger partial charge in [-0.05, 0) is 24.9 Å². The summed E-state index contributed by atoms with van der Waals surface area (Å²) in [6.07, 6.45) is 0.534. The van der Waals surface area contributed by atoms with Crippen molar-refractivity contribution >= 4 is 0 Å². The number of nitrogens with zero attached hydrogens (tertiary/aromatic N) is 1. The van der Waals surface area contributed by atoms with E-state index < -0.39 is 6.10 Å². The van der Waals surface area contributed by atoms with E-state index in [1.807, 2.05) is 30.3 Å². The monoisotopic (exact) mass is 265 g/mol. The molecule has 0 aromatic heterocycles. The van der Waals surface area contributed by atoms with Gasteiger partial charge in [0, 0.05) is 26.3 Å². The fourth-order valence-electron chi connectivity index (χ4n) is 2.57. The van der Waals surface area contributed by atoms with Gasteiger partial charge in [0.15, 0.2) is 0 Å². The number of rotatable bonds is 8. The van der Waals surface area contributed by atoms with E-state index in [9.17, 15) is 5.11 Å². The van der Waals surface area contributed by atoms with Crippen molar-refractivity contribution in [1.29, 1.82) is 0 Å². The second-order valence-corrected chi connectivity index (χ2v) is 5.42. The largest absolute Gasteiger partial charge is 0.387 e. The number of benzene rings is 1. The summed E-state index contributed by atoms with van der Waals surface area (Å²) in [5.74, 6) is 0.391. The topological polar surface area (TPSA) is 32.7 Å². The molecule has 0 saturated heterocycles. The lowest BCUT2D eigenvalue weighted by Crippen LogP contribution is -2.41. The smallest absolute Gasteiger partial charge is 0.0947 e. The van der Waals surface area contributed by atoms with Crippen LogP contribution in [-0.2, 0) is 4.74 Å². The minimum atomic E-state index is -0.450. The van der Waals surface area contributed by atoms with Gasteiger partial charge in [0.05, 0.1) is 6.10 Å². The number of hydrogen-bond donors (Lipinski definition) is 1. The number of likely N-dealkylation sites (N-methyl/N-ethyl adjacent to an activating group) is 1. The predicted octanol–water partition coefficient (Wildman–Crippen LogP) is 2.71. The Morgan fingerprint density at radius 2 is 1.84 bits per heavy atom. The van der Waals surface area contributed by atoms with Crippen LogP contribution in [0.5, 0.6) is 0 Å². The normalized spacial score (nSPS) is 14.9. The average molecular weight is 265 g/mol. The first-order chi connectivity index (χ1) is 9.07. The first-order valence-corrected chi connectivity index (χ1v) is 7.00. The third kappa shape index (κ3) is 4.94. The number of aliphatic hydroxyl groups excluding tert-OH is 1. The highest BCUT2D eigenvalue weighted by atomic mass is 16.5. The van der Waals surface area contributed by atoms with Crippen molar-refractivity contribution in [2.24, 2.45) is 5.92 Å². The molecule has 3 heteroatoms. The molecular formula is C16H27NO2. The van der Waals surface area contributed by atoms with Crippen molar-refractivity contribution in [2.45, 2.75) is 32.4 Å². The Kier molecular flexibility index (Phi) is 7.06. The van der Waals surface area contributed by atoms with Gasteiger partial charge in [0.25, 0.3) is 0 Å². The maximum Gasteiger partial charge on any atom is 0.0947 e. The second-order valence-electron chi connectivity index (χ2n) is 5.42. The summed E-state index contributed by atoms with van der Waals surface area (Å²) in [7, 11) is 3.80. The van der Waals surface area contributed by atoms with E-state index in [0.29, 0.717) is 5.92 Å². The van der Waals surface area contributed by atoms with Crippen LogP contribution in [0, 0.1) is 5.92 Å². The van der Waals surface area contributed by atoms with E-state index >= 15 is 0 Å². The lowest BCUT2D eigenvalue weighted by atomic mass is 9.92. The molecule has 0 radical (unpaired) electrons. The van der Waals surface area contributed by atoms with Gasteiger partial charge in [-0.3, -0.25) is 0 Å². The Bertz CT molecular complexity index is 340. The second kappa shape index (κ2) is 8.31. The highest BCUT2D eigenvalue weighted by molar-refractivity contribution is 5.19. The van der Waals surface area contributed by atoms with Crippen LogP contribution in [0.15, 0.2) is 30.3 Å². The molecule has 0 aliphatic carbocycles. The molecule has 1 aromatic carbocycles. The van der Waals surface area contributed by atoms with E-state index in [-0.39, 0.29) is 6.04 Å². The summed E-state index contributed by atoms with van der Waals surface area (Å²) in [5, 5.41) is 10.6. The minimum absolute atomic E-state index is 0.124. The summed E-state index contributed by atoms with van der Waals surface area (Å²) >= 11 is 0. The molecule has 3 nitrogen and oxygen atoms in total. The van der Waals surface area contributed by atoms with Crippen molar-refractivity contribution in [3.63, 3.8) is 0 Å². The van der Waals surface area contributed by atoms with Crippen molar-refractivity contribution in [3.8, 4) is 0 Å². The van der Waals surface area contributed by atoms with Gasteiger partial charge < -0.3 is 14.7 Å². The summed E-state index contributed by atoms with van der Waals surface area (Å²) < 4.78 is 5.09. The Morgan fingerprint density at radius 1 is 1.21 bits per heavy atom. The molecule has 19 heavy (non-hydrogen) atoms. The molecule has 0 bridgehead atoms. The maximum atomic E-state index is 10.6. The summed E-state index contributed by atoms with van der Waals surface area (Å²) in [5.41, 5.74) is 0.986. The van der Waals surface area contributed by atoms with Gasteiger partial charge in [-0.2, -0.15) is 0 Å². The quantitative estimate of drug-likeness (QED) is 0.734. The molecule has 0 fully saturated rings. The van der Waals surface area contributed by atoms with Gasteiger partial charge in [-0.1, -0.05) is 44.2 Å². The van der Waals surface area contributed by atoms with Gasteiger partial charge >= 0.3 is 0 Å². The molecule has 1 rings (SSSR count). The molecule has 2 atom stereocenters. The fraction of sp³-hybridized carbons (Fsp3) is 0.625. The summed E-state index contributed by atoms with van der Waals surface area (Å²) in [4.78, 5) is 2.24. The number of aliphatic hydroxyl groups is 1. The molecule has 1 aromatic rings. The van der Waals surface area contributed by atoms with E-state index in [1.54, 1.807) is 7.11 Å². The summed E-state index contributed by atoms with van der Waals surface area (Å²) in [6, 6.07) is 10.0. The van der Waals surface area contributed by atoms with Crippen LogP contribution in [-0.4, -0.2) is 43.4 Å². The van der Waals surface area contributed by atoms with E-state index in [0.717, 1.165) is 25.1 Å². The molecule has 0 amide bonds. The Labute approximate surface area is 117 Å². The van der Waals surface area contributed by atoms with Crippen LogP contribution in [0.2, 0.25) is 0 Å². The average Bonchev–Trinajstić information content (AvgIpc) is 2.39. The number of methoxy groups -OCH3 is 1. The molecule has 0 spiro atoms. The Morgan fingerprint density at radius 3 is 2.37 bits per heavy atom. The number of hydrogen-bond acceptors (Lipinski definition) is 3. The maximum absolute atomic E-state index is 10.6. The van der Waals surface area contributed by atoms with Crippen molar-refractivity contribution in [1.82, 2.24) is 4.90 Å². The van der Waals surface area contributed by atoms with Gasteiger partial charge in [-0.25, -0.2) is 0 Å². The van der Waals surface area contributed by atoms with Crippen LogP contribution in [0.25, 0.3) is 0 Å². The Hall–Kier alpha value is -0.900. The molecule has 2 unspecified atom stereocenters. The lowest BCUT2D eigenvalue weighted by Gasteiger charge is -2.35. The third-order valence-electron chi connectivity index (χ3n) is 3.52. The van der Waals surface area contributed by atoms with E-state index in [4.69, 9.17) is 4.74 Å². The minimum Gasteiger partial charge on any atom is -0.387 e. The molecular weight excluding hydrogens is 238 g/mol. The standard InChI is InChI=1S/C16H27NO2/c1-13(2)15(17(3)11-8-12-19-4)16(18)14-9-6-5-7-10-14/h5-7,9-10,13,15-16,18H,8,11-12H2,1-4H3. The predicted molar refractivity (Wildman–Crippen MR) is 79.2 cm³/mol. The molecule has 108 valence electrons. The van der Waals surface area contributed by atoms with Crippen molar-refractivity contribution in [2.75, 3.05) is 27.3 Å². The molecule has 0 aliphatic rings. The first kappa shape index (κ1) is 16.2. The zero-order valence-electron chi connectivity index (χ0n) is 12.5. The van der Waals surface area contributed by atoms with Crippen LogP contribution < -0.4 is 0 Å². The summed E-state index contributed by atoms with van der Waals surface area (Å²) in [6.45, 7) is 6.00. The van der Waals surface area contributed by atoms with Crippen molar-refractivity contribution < 1.29 is 9.84 Å². The van der Waals surface area contributed by atoms with E-state index in [1.165, 1.54) is 0 Å². The molecule has 0 heterocycles. The fourth-order valence-corrected chi connectivity index (χ4v) is 2.57. The molecule has 0 saturated carbocycles. The van der Waals surface area contributed by atoms with Crippen LogP contribution >= 0.6 is 0 Å². The SMILES string of the molecule is COCCCN(C)C(C(C)C)C(O)c1ccccc1. The van der Waals surface area contributed by atoms with Gasteiger partial charge in [0.2, 0.25) is 0 Å². The molecule has 1 N–H and O–H groups in total. The third-order valence-corrected chi connectivity index (χ3v) is 3.52. The van der Waals surface area contributed by atoms with Crippen LogP contribution in [0.1, 0.15) is 31.9 Å². The highest BCUT2D eigenvalue weighted by Gasteiger charge is 2.27. The van der Waals surface area contributed by atoms with Gasteiger partial charge in [-0.15, -0.1) is 0 Å². The zero-order valence-corrected chi connectivity index (χ0v) is 12.5. The van der Waals surface area contributed by atoms with Gasteiger partial charge in [0.1, 0.15) is 0 Å².